The molecule has 0 bridgehead atoms. The van der Waals surface area contributed by atoms with Crippen LogP contribution in [-0.2, 0) is 0 Å². The van der Waals surface area contributed by atoms with Gasteiger partial charge in [0.05, 0.1) is 0 Å². The summed E-state index contributed by atoms with van der Waals surface area (Å²) in [5.74, 6) is 0.170. The number of phenols is 1. The lowest BCUT2D eigenvalue weighted by Crippen LogP contribution is -1.97. The molecule has 0 aliphatic heterocycles. The van der Waals surface area contributed by atoms with E-state index >= 15 is 0 Å². The molecule has 0 saturated carbocycles. The maximum absolute atomic E-state index is 11.1. The Morgan fingerprint density at radius 1 is 1.50 bits per heavy atom. The highest BCUT2D eigenvalue weighted by atomic mass is 79.9. The number of hydrogen-bond donors (Lipinski definition) is 1. The zero-order valence-corrected chi connectivity index (χ0v) is 8.47. The average Bonchev–Trinajstić information content (AvgIpc) is 1.82. The quantitative estimate of drug-likeness (QED) is 0.751. The fraction of sp³-hybridized carbons (Fsp3) is 0.222. The number of Topliss-reactive ketones (excluding diaryl/α,β-unsaturated/α-hetero) is 1. The van der Waals surface area contributed by atoms with Gasteiger partial charge in [0, 0.05) is 10.0 Å². The molecule has 12 heavy (non-hydrogen) atoms. The number of benzene rings is 1. The molecule has 0 aromatic heterocycles. The standard InChI is InChI=1S/C9H9BrO2/c1-5-3-7(12)4-8(10)9(5)6(2)11/h3-4,12H,1-2H3. The van der Waals surface area contributed by atoms with Gasteiger partial charge < -0.3 is 5.11 Å². The van der Waals surface area contributed by atoms with E-state index in [1.165, 1.54) is 13.0 Å². The summed E-state index contributed by atoms with van der Waals surface area (Å²) in [5.41, 5.74) is 1.42. The monoisotopic (exact) mass is 228 g/mol. The number of hydrogen-bond acceptors (Lipinski definition) is 2. The summed E-state index contributed by atoms with van der Waals surface area (Å²) in [5, 5.41) is 9.16. The molecule has 1 rings (SSSR count). The molecule has 3 heteroatoms. The Morgan fingerprint density at radius 2 is 2.08 bits per heavy atom. The number of halogens is 1. The summed E-state index contributed by atoms with van der Waals surface area (Å²) in [7, 11) is 0. The Kier molecular flexibility index (Phi) is 2.52. The SMILES string of the molecule is CC(=O)c1c(C)cc(O)cc1Br. The second-order valence-electron chi connectivity index (χ2n) is 2.68. The Balaban J connectivity index is 3.38. The van der Waals surface area contributed by atoms with E-state index in [4.69, 9.17) is 5.11 Å². The van der Waals surface area contributed by atoms with Gasteiger partial charge in [-0.25, -0.2) is 0 Å². The first-order valence-electron chi connectivity index (χ1n) is 3.52. The van der Waals surface area contributed by atoms with Crippen molar-refractivity contribution in [3.8, 4) is 5.75 Å². The predicted octanol–water partition coefficient (Wildman–Crippen LogP) is 2.67. The molecule has 0 heterocycles. The number of carbonyl (C=O) groups is 1. The van der Waals surface area contributed by atoms with Crippen LogP contribution in [-0.4, -0.2) is 10.9 Å². The lowest BCUT2D eigenvalue weighted by molar-refractivity contribution is 0.101. The zero-order valence-electron chi connectivity index (χ0n) is 6.89. The van der Waals surface area contributed by atoms with E-state index in [1.54, 1.807) is 13.0 Å². The Bertz CT molecular complexity index is 308. The van der Waals surface area contributed by atoms with E-state index < -0.39 is 0 Å². The first-order chi connectivity index (χ1) is 5.52. The molecule has 0 aliphatic rings. The molecule has 0 saturated heterocycles. The van der Waals surface area contributed by atoms with Crippen LogP contribution in [0.15, 0.2) is 16.6 Å². The first-order valence-corrected chi connectivity index (χ1v) is 4.31. The number of aromatic hydroxyl groups is 1. The van der Waals surface area contributed by atoms with Crippen molar-refractivity contribution in [1.29, 1.82) is 0 Å². The third-order valence-corrected chi connectivity index (χ3v) is 2.25. The van der Waals surface area contributed by atoms with Gasteiger partial charge in [-0.1, -0.05) is 0 Å². The van der Waals surface area contributed by atoms with E-state index in [-0.39, 0.29) is 11.5 Å². The van der Waals surface area contributed by atoms with Gasteiger partial charge in [0.15, 0.2) is 5.78 Å². The normalized spacial score (nSPS) is 9.92. The molecule has 2 nitrogen and oxygen atoms in total. The molecule has 0 aliphatic carbocycles. The van der Waals surface area contributed by atoms with E-state index in [1.807, 2.05) is 0 Å². The van der Waals surface area contributed by atoms with E-state index in [9.17, 15) is 4.79 Å². The van der Waals surface area contributed by atoms with Crippen LogP contribution in [0.25, 0.3) is 0 Å². The number of aryl methyl sites for hydroxylation is 1. The van der Waals surface area contributed by atoms with Crippen LogP contribution in [0, 0.1) is 6.92 Å². The van der Waals surface area contributed by atoms with Crippen molar-refractivity contribution < 1.29 is 9.90 Å². The Hall–Kier alpha value is -0.830. The summed E-state index contributed by atoms with van der Waals surface area (Å²) >= 11 is 3.22. The molecule has 0 atom stereocenters. The van der Waals surface area contributed by atoms with Gasteiger partial charge in [-0.05, 0) is 47.5 Å². The molecule has 1 aromatic carbocycles. The number of carbonyl (C=O) groups excluding carboxylic acids is 1. The summed E-state index contributed by atoms with van der Waals surface area (Å²) in [6.07, 6.45) is 0. The van der Waals surface area contributed by atoms with Crippen molar-refractivity contribution in [2.45, 2.75) is 13.8 Å². The van der Waals surface area contributed by atoms with Crippen molar-refractivity contribution >= 4 is 21.7 Å². The highest BCUT2D eigenvalue weighted by Crippen LogP contribution is 2.26. The van der Waals surface area contributed by atoms with Gasteiger partial charge in [-0.15, -0.1) is 0 Å². The Labute approximate surface area is 79.3 Å². The van der Waals surface area contributed by atoms with Crippen LogP contribution in [0.1, 0.15) is 22.8 Å². The number of rotatable bonds is 1. The van der Waals surface area contributed by atoms with Crippen LogP contribution in [0.2, 0.25) is 0 Å². The lowest BCUT2D eigenvalue weighted by atomic mass is 10.1. The zero-order chi connectivity index (χ0) is 9.30. The minimum absolute atomic E-state index is 0.000579. The molecule has 1 N–H and O–H groups in total. The maximum atomic E-state index is 11.1. The summed E-state index contributed by atoms with van der Waals surface area (Å²) in [6.45, 7) is 3.30. The molecule has 0 spiro atoms. The van der Waals surface area contributed by atoms with Crippen molar-refractivity contribution in [2.24, 2.45) is 0 Å². The highest BCUT2D eigenvalue weighted by molar-refractivity contribution is 9.10. The van der Waals surface area contributed by atoms with E-state index in [2.05, 4.69) is 15.9 Å². The molecular formula is C9H9BrO2. The maximum Gasteiger partial charge on any atom is 0.161 e. The van der Waals surface area contributed by atoms with Crippen LogP contribution >= 0.6 is 15.9 Å². The molecule has 0 fully saturated rings. The van der Waals surface area contributed by atoms with Crippen LogP contribution < -0.4 is 0 Å². The topological polar surface area (TPSA) is 37.3 Å². The summed E-state index contributed by atoms with van der Waals surface area (Å²) in [4.78, 5) is 11.1. The van der Waals surface area contributed by atoms with Crippen LogP contribution in [0.5, 0.6) is 5.75 Å². The first kappa shape index (κ1) is 9.26. The molecule has 0 amide bonds. The summed E-state index contributed by atoms with van der Waals surface area (Å²) in [6, 6.07) is 3.09. The van der Waals surface area contributed by atoms with Gasteiger partial charge in [0.2, 0.25) is 0 Å². The second kappa shape index (κ2) is 3.27. The molecule has 0 unspecified atom stereocenters. The smallest absolute Gasteiger partial charge is 0.161 e. The molecular weight excluding hydrogens is 220 g/mol. The third kappa shape index (κ3) is 1.67. The fourth-order valence-electron chi connectivity index (χ4n) is 1.17. The van der Waals surface area contributed by atoms with Crippen molar-refractivity contribution in [2.75, 3.05) is 0 Å². The van der Waals surface area contributed by atoms with Gasteiger partial charge >= 0.3 is 0 Å². The van der Waals surface area contributed by atoms with Crippen molar-refractivity contribution in [3.05, 3.63) is 27.7 Å². The minimum atomic E-state index is -0.000579. The lowest BCUT2D eigenvalue weighted by Gasteiger charge is -2.04. The predicted molar refractivity (Wildman–Crippen MR) is 50.5 cm³/mol. The van der Waals surface area contributed by atoms with Gasteiger partial charge in [-0.2, -0.15) is 0 Å². The molecule has 0 radical (unpaired) electrons. The molecule has 1 aromatic rings. The van der Waals surface area contributed by atoms with Gasteiger partial charge in [-0.3, -0.25) is 4.79 Å². The molecule has 64 valence electrons. The van der Waals surface area contributed by atoms with Crippen molar-refractivity contribution in [1.82, 2.24) is 0 Å². The van der Waals surface area contributed by atoms with Crippen molar-refractivity contribution in [3.63, 3.8) is 0 Å². The third-order valence-electron chi connectivity index (χ3n) is 1.62. The summed E-state index contributed by atoms with van der Waals surface area (Å²) < 4.78 is 0.646. The fourth-order valence-corrected chi connectivity index (χ4v) is 2.00. The average molecular weight is 229 g/mol. The number of ketones is 1. The van der Waals surface area contributed by atoms with E-state index in [0.29, 0.717) is 10.0 Å². The second-order valence-corrected chi connectivity index (χ2v) is 3.53. The van der Waals surface area contributed by atoms with Gasteiger partial charge in [0.25, 0.3) is 0 Å². The van der Waals surface area contributed by atoms with Crippen LogP contribution in [0.3, 0.4) is 0 Å². The van der Waals surface area contributed by atoms with E-state index in [0.717, 1.165) is 5.56 Å². The minimum Gasteiger partial charge on any atom is -0.508 e. The Morgan fingerprint density at radius 3 is 2.50 bits per heavy atom. The highest BCUT2D eigenvalue weighted by Gasteiger charge is 2.09. The van der Waals surface area contributed by atoms with Gasteiger partial charge in [0.1, 0.15) is 5.75 Å². The largest absolute Gasteiger partial charge is 0.508 e. The number of phenolic OH excluding ortho intramolecular Hbond substituents is 1. The van der Waals surface area contributed by atoms with Crippen LogP contribution in [0.4, 0.5) is 0 Å².